The molecule has 0 spiro atoms. The standard InChI is InChI=1S/C14H25N3O/c1-3-13-12-7-15-6-10(12)8-17(13)9-14(18)16(2)11-4-5-11/h10-13,15H,3-9H2,1-2H3. The Hall–Kier alpha value is -0.610. The summed E-state index contributed by atoms with van der Waals surface area (Å²) >= 11 is 0. The molecule has 4 nitrogen and oxygen atoms in total. The number of nitrogens with one attached hydrogen (secondary N) is 1. The van der Waals surface area contributed by atoms with E-state index in [2.05, 4.69) is 17.1 Å². The van der Waals surface area contributed by atoms with Gasteiger partial charge in [0.2, 0.25) is 5.91 Å². The smallest absolute Gasteiger partial charge is 0.236 e. The lowest BCUT2D eigenvalue weighted by atomic mass is 9.93. The number of amides is 1. The molecule has 1 amide bonds. The van der Waals surface area contributed by atoms with Crippen molar-refractivity contribution >= 4 is 5.91 Å². The summed E-state index contributed by atoms with van der Waals surface area (Å²) in [4.78, 5) is 16.6. The van der Waals surface area contributed by atoms with E-state index in [1.54, 1.807) is 0 Å². The molecule has 0 aromatic rings. The summed E-state index contributed by atoms with van der Waals surface area (Å²) < 4.78 is 0. The maximum atomic E-state index is 12.2. The summed E-state index contributed by atoms with van der Waals surface area (Å²) in [7, 11) is 1.97. The molecule has 1 saturated carbocycles. The van der Waals surface area contributed by atoms with Gasteiger partial charge in [-0.2, -0.15) is 0 Å². The zero-order valence-electron chi connectivity index (χ0n) is 11.6. The van der Waals surface area contributed by atoms with Crippen LogP contribution in [0.15, 0.2) is 0 Å². The van der Waals surface area contributed by atoms with E-state index in [9.17, 15) is 4.79 Å². The molecule has 3 fully saturated rings. The van der Waals surface area contributed by atoms with E-state index < -0.39 is 0 Å². The SMILES string of the molecule is CCC1C2CNCC2CN1CC(=O)N(C)C1CC1. The minimum atomic E-state index is 0.323. The molecule has 3 atom stereocenters. The van der Waals surface area contributed by atoms with E-state index in [0.717, 1.165) is 31.5 Å². The minimum Gasteiger partial charge on any atom is -0.342 e. The van der Waals surface area contributed by atoms with E-state index in [1.807, 2.05) is 11.9 Å². The molecule has 3 aliphatic rings. The van der Waals surface area contributed by atoms with Crippen molar-refractivity contribution in [3.8, 4) is 0 Å². The van der Waals surface area contributed by atoms with Gasteiger partial charge in [0.1, 0.15) is 0 Å². The van der Waals surface area contributed by atoms with E-state index in [4.69, 9.17) is 0 Å². The molecule has 3 unspecified atom stereocenters. The van der Waals surface area contributed by atoms with Crippen LogP contribution in [0.5, 0.6) is 0 Å². The van der Waals surface area contributed by atoms with Crippen molar-refractivity contribution in [1.82, 2.24) is 15.1 Å². The average molecular weight is 251 g/mol. The van der Waals surface area contributed by atoms with Crippen LogP contribution in [0, 0.1) is 11.8 Å². The third-order valence-electron chi connectivity index (χ3n) is 5.07. The highest BCUT2D eigenvalue weighted by Crippen LogP contribution is 2.34. The number of fused-ring (bicyclic) bond motifs is 1. The van der Waals surface area contributed by atoms with Gasteiger partial charge in [-0.15, -0.1) is 0 Å². The Morgan fingerprint density at radius 3 is 2.83 bits per heavy atom. The first-order valence-electron chi connectivity index (χ1n) is 7.41. The number of nitrogens with zero attached hydrogens (tertiary/aromatic N) is 2. The third kappa shape index (κ3) is 2.16. The number of likely N-dealkylation sites (N-methyl/N-ethyl adjacent to an activating group) is 1. The largest absolute Gasteiger partial charge is 0.342 e. The van der Waals surface area contributed by atoms with Crippen molar-refractivity contribution < 1.29 is 4.79 Å². The number of carbonyl (C=O) groups is 1. The Morgan fingerprint density at radius 2 is 2.17 bits per heavy atom. The van der Waals surface area contributed by atoms with Gasteiger partial charge in [-0.05, 0) is 44.2 Å². The van der Waals surface area contributed by atoms with Gasteiger partial charge in [0.25, 0.3) is 0 Å². The highest BCUT2D eigenvalue weighted by molar-refractivity contribution is 5.78. The van der Waals surface area contributed by atoms with E-state index in [-0.39, 0.29) is 0 Å². The molecule has 1 aliphatic carbocycles. The molecule has 4 heteroatoms. The number of carbonyl (C=O) groups excluding carboxylic acids is 1. The van der Waals surface area contributed by atoms with Crippen LogP contribution >= 0.6 is 0 Å². The van der Waals surface area contributed by atoms with Gasteiger partial charge in [0, 0.05) is 25.7 Å². The summed E-state index contributed by atoms with van der Waals surface area (Å²) in [6, 6.07) is 1.16. The molecule has 2 heterocycles. The molecule has 0 bridgehead atoms. The molecule has 0 aromatic carbocycles. The maximum absolute atomic E-state index is 12.2. The van der Waals surface area contributed by atoms with E-state index >= 15 is 0 Å². The predicted octanol–water partition coefficient (Wildman–Crippen LogP) is 0.537. The first kappa shape index (κ1) is 12.4. The monoisotopic (exact) mass is 251 g/mol. The molecule has 2 aliphatic heterocycles. The Bertz CT molecular complexity index is 329. The highest BCUT2D eigenvalue weighted by Gasteiger charge is 2.44. The van der Waals surface area contributed by atoms with E-state index in [1.165, 1.54) is 19.3 Å². The van der Waals surface area contributed by atoms with Gasteiger partial charge in [0.05, 0.1) is 6.54 Å². The van der Waals surface area contributed by atoms with Crippen molar-refractivity contribution in [3.63, 3.8) is 0 Å². The molecular weight excluding hydrogens is 226 g/mol. The topological polar surface area (TPSA) is 35.6 Å². The predicted molar refractivity (Wildman–Crippen MR) is 71.3 cm³/mol. The molecule has 0 radical (unpaired) electrons. The van der Waals surface area contributed by atoms with Gasteiger partial charge in [-0.1, -0.05) is 6.92 Å². The van der Waals surface area contributed by atoms with Crippen LogP contribution < -0.4 is 5.32 Å². The summed E-state index contributed by atoms with van der Waals surface area (Å²) in [5.74, 6) is 1.87. The first-order chi connectivity index (χ1) is 8.70. The Kier molecular flexibility index (Phi) is 3.32. The van der Waals surface area contributed by atoms with Gasteiger partial charge in [-0.25, -0.2) is 0 Å². The zero-order valence-corrected chi connectivity index (χ0v) is 11.6. The normalized spacial score (nSPS) is 35.8. The number of hydrogen-bond acceptors (Lipinski definition) is 3. The molecular formula is C14H25N3O. The average Bonchev–Trinajstić information content (AvgIpc) is 3.02. The van der Waals surface area contributed by atoms with Crippen LogP contribution in [-0.4, -0.2) is 61.0 Å². The second-order valence-corrected chi connectivity index (χ2v) is 6.22. The van der Waals surface area contributed by atoms with Gasteiger partial charge >= 0.3 is 0 Å². The molecule has 18 heavy (non-hydrogen) atoms. The fraction of sp³-hybridized carbons (Fsp3) is 0.929. The van der Waals surface area contributed by atoms with Crippen LogP contribution in [0.3, 0.4) is 0 Å². The maximum Gasteiger partial charge on any atom is 0.236 e. The fourth-order valence-electron chi connectivity index (χ4n) is 3.80. The quantitative estimate of drug-likeness (QED) is 0.792. The lowest BCUT2D eigenvalue weighted by molar-refractivity contribution is -0.131. The summed E-state index contributed by atoms with van der Waals surface area (Å²) in [6.45, 7) is 6.29. The van der Waals surface area contributed by atoms with Crippen molar-refractivity contribution in [3.05, 3.63) is 0 Å². The molecule has 102 valence electrons. The lowest BCUT2D eigenvalue weighted by Gasteiger charge is -2.28. The highest BCUT2D eigenvalue weighted by atomic mass is 16.2. The molecule has 0 aromatic heterocycles. The van der Waals surface area contributed by atoms with Crippen molar-refractivity contribution in [2.45, 2.75) is 38.3 Å². The second kappa shape index (κ2) is 4.82. The van der Waals surface area contributed by atoms with Crippen molar-refractivity contribution in [2.24, 2.45) is 11.8 Å². The van der Waals surface area contributed by atoms with Crippen LogP contribution in [0.2, 0.25) is 0 Å². The van der Waals surface area contributed by atoms with Crippen molar-refractivity contribution in [1.29, 1.82) is 0 Å². The molecule has 2 saturated heterocycles. The van der Waals surface area contributed by atoms with Gasteiger partial charge < -0.3 is 10.2 Å². The van der Waals surface area contributed by atoms with Crippen LogP contribution in [-0.2, 0) is 4.79 Å². The molecule has 3 rings (SSSR count). The Labute approximate surface area is 110 Å². The third-order valence-corrected chi connectivity index (χ3v) is 5.07. The minimum absolute atomic E-state index is 0.323. The number of hydrogen-bond donors (Lipinski definition) is 1. The fourth-order valence-corrected chi connectivity index (χ4v) is 3.80. The van der Waals surface area contributed by atoms with E-state index in [0.29, 0.717) is 24.5 Å². The van der Waals surface area contributed by atoms with Crippen LogP contribution in [0.4, 0.5) is 0 Å². The zero-order chi connectivity index (χ0) is 12.7. The summed E-state index contributed by atoms with van der Waals surface area (Å²) in [6.07, 6.45) is 3.58. The number of rotatable bonds is 4. The summed E-state index contributed by atoms with van der Waals surface area (Å²) in [5, 5.41) is 3.49. The van der Waals surface area contributed by atoms with Crippen LogP contribution in [0.1, 0.15) is 26.2 Å². The van der Waals surface area contributed by atoms with Gasteiger partial charge in [-0.3, -0.25) is 9.69 Å². The summed E-state index contributed by atoms with van der Waals surface area (Å²) in [5.41, 5.74) is 0. The van der Waals surface area contributed by atoms with Gasteiger partial charge in [0.15, 0.2) is 0 Å². The lowest BCUT2D eigenvalue weighted by Crippen LogP contribution is -2.43. The first-order valence-corrected chi connectivity index (χ1v) is 7.41. The Balaban J connectivity index is 1.60. The molecule has 1 N–H and O–H groups in total. The Morgan fingerprint density at radius 1 is 1.39 bits per heavy atom. The second-order valence-electron chi connectivity index (χ2n) is 6.22. The number of likely N-dealkylation sites (tertiary alicyclic amines) is 1. The van der Waals surface area contributed by atoms with Crippen LogP contribution in [0.25, 0.3) is 0 Å². The van der Waals surface area contributed by atoms with Crippen molar-refractivity contribution in [2.75, 3.05) is 33.2 Å².